The van der Waals surface area contributed by atoms with Crippen LogP contribution in [-0.2, 0) is 10.3 Å². The molecule has 6 heteroatoms. The van der Waals surface area contributed by atoms with Crippen molar-refractivity contribution in [1.29, 1.82) is 5.26 Å². The van der Waals surface area contributed by atoms with Crippen LogP contribution in [0.25, 0.3) is 0 Å². The smallest absolute Gasteiger partial charge is 0.232 e. The van der Waals surface area contributed by atoms with Crippen molar-refractivity contribution in [3.05, 3.63) is 34.8 Å². The molecule has 0 saturated carbocycles. The summed E-state index contributed by atoms with van der Waals surface area (Å²) in [6.45, 7) is 11.5. The summed E-state index contributed by atoms with van der Waals surface area (Å²) >= 11 is 0. The zero-order valence-electron chi connectivity index (χ0n) is 14.4. The van der Waals surface area contributed by atoms with E-state index in [9.17, 15) is 4.79 Å². The molecule has 2 heterocycles. The molecule has 2 aromatic heterocycles. The van der Waals surface area contributed by atoms with Crippen LogP contribution in [0, 0.1) is 25.2 Å². The van der Waals surface area contributed by atoms with Crippen LogP contribution in [0.15, 0.2) is 16.8 Å². The molecule has 1 amide bonds. The minimum atomic E-state index is -0.393. The molecule has 1 N–H and O–H groups in total. The van der Waals surface area contributed by atoms with E-state index in [4.69, 9.17) is 9.78 Å². The Morgan fingerprint density at radius 1 is 1.43 bits per heavy atom. The highest BCUT2D eigenvalue weighted by Gasteiger charge is 2.25. The van der Waals surface area contributed by atoms with Gasteiger partial charge >= 0.3 is 0 Å². The second kappa shape index (κ2) is 5.92. The molecular formula is C17H22N4O2. The third-order valence-corrected chi connectivity index (χ3v) is 3.84. The first-order valence-corrected chi connectivity index (χ1v) is 7.51. The van der Waals surface area contributed by atoms with Gasteiger partial charge in [-0.05, 0) is 47.6 Å². The van der Waals surface area contributed by atoms with Crippen molar-refractivity contribution in [2.75, 3.05) is 5.32 Å². The summed E-state index contributed by atoms with van der Waals surface area (Å²) in [6.07, 6.45) is 1.75. The lowest BCUT2D eigenvalue weighted by atomic mass is 9.99. The van der Waals surface area contributed by atoms with Gasteiger partial charge in [0.1, 0.15) is 17.6 Å². The summed E-state index contributed by atoms with van der Waals surface area (Å²) in [5.41, 5.74) is 1.79. The number of hydrogen-bond donors (Lipinski definition) is 1. The van der Waals surface area contributed by atoms with Crippen molar-refractivity contribution < 1.29 is 9.32 Å². The third-order valence-electron chi connectivity index (χ3n) is 3.84. The second-order valence-corrected chi connectivity index (χ2v) is 6.72. The average Bonchev–Trinajstić information content (AvgIpc) is 3.01. The summed E-state index contributed by atoms with van der Waals surface area (Å²) < 4.78 is 7.03. The van der Waals surface area contributed by atoms with Gasteiger partial charge in [0.25, 0.3) is 0 Å². The number of anilines is 1. The molecule has 0 aliphatic rings. The number of rotatable bonds is 3. The molecule has 1 unspecified atom stereocenters. The van der Waals surface area contributed by atoms with Crippen LogP contribution in [-0.4, -0.2) is 15.6 Å². The van der Waals surface area contributed by atoms with Gasteiger partial charge in [-0.2, -0.15) is 5.26 Å². The normalized spacial score (nSPS) is 12.7. The highest BCUT2D eigenvalue weighted by atomic mass is 16.5. The number of nitriles is 1. The van der Waals surface area contributed by atoms with Crippen molar-refractivity contribution in [1.82, 2.24) is 9.72 Å². The molecule has 23 heavy (non-hydrogen) atoms. The highest BCUT2D eigenvalue weighted by Crippen LogP contribution is 2.27. The predicted molar refractivity (Wildman–Crippen MR) is 87.2 cm³/mol. The standard InChI is InChI=1S/C17H22N4O2/c1-10(15-11(2)20-23-12(15)3)16(22)19-14-7-13(8-18)9-21(14)17(4,5)6/h7,9-10H,1-6H3,(H,19,22). The average molecular weight is 314 g/mol. The minimum Gasteiger partial charge on any atom is -0.361 e. The largest absolute Gasteiger partial charge is 0.361 e. The van der Waals surface area contributed by atoms with E-state index in [1.165, 1.54) is 0 Å². The van der Waals surface area contributed by atoms with Crippen LogP contribution >= 0.6 is 0 Å². The summed E-state index contributed by atoms with van der Waals surface area (Å²) in [5, 5.41) is 15.9. The summed E-state index contributed by atoms with van der Waals surface area (Å²) in [6, 6.07) is 3.79. The molecule has 0 fully saturated rings. The van der Waals surface area contributed by atoms with Crippen LogP contribution in [0.3, 0.4) is 0 Å². The van der Waals surface area contributed by atoms with E-state index in [0.29, 0.717) is 22.8 Å². The van der Waals surface area contributed by atoms with E-state index in [1.54, 1.807) is 19.2 Å². The Bertz CT molecular complexity index is 752. The quantitative estimate of drug-likeness (QED) is 0.940. The Kier molecular flexibility index (Phi) is 4.33. The van der Waals surface area contributed by atoms with Crippen LogP contribution in [0.4, 0.5) is 5.82 Å². The van der Waals surface area contributed by atoms with Gasteiger partial charge in [-0.3, -0.25) is 4.79 Å². The molecule has 0 saturated heterocycles. The van der Waals surface area contributed by atoms with Crippen molar-refractivity contribution >= 4 is 11.7 Å². The van der Waals surface area contributed by atoms with Gasteiger partial charge in [-0.15, -0.1) is 0 Å². The zero-order chi connectivity index (χ0) is 17.4. The first-order valence-electron chi connectivity index (χ1n) is 7.51. The molecule has 0 bridgehead atoms. The first kappa shape index (κ1) is 16.8. The van der Waals surface area contributed by atoms with Crippen molar-refractivity contribution in [3.63, 3.8) is 0 Å². The predicted octanol–water partition coefficient (Wildman–Crippen LogP) is 3.46. The minimum absolute atomic E-state index is 0.160. The second-order valence-electron chi connectivity index (χ2n) is 6.72. The maximum absolute atomic E-state index is 12.6. The number of amides is 1. The Labute approximate surface area is 136 Å². The van der Waals surface area contributed by atoms with Gasteiger partial charge in [0.05, 0.1) is 17.2 Å². The number of aryl methyl sites for hydroxylation is 2. The van der Waals surface area contributed by atoms with E-state index in [2.05, 4.69) is 16.5 Å². The lowest BCUT2D eigenvalue weighted by Crippen LogP contribution is -2.27. The maximum Gasteiger partial charge on any atom is 0.232 e. The van der Waals surface area contributed by atoms with Gasteiger partial charge in [0, 0.05) is 17.3 Å². The van der Waals surface area contributed by atoms with Crippen molar-refractivity contribution in [2.45, 2.75) is 53.0 Å². The zero-order valence-corrected chi connectivity index (χ0v) is 14.4. The molecule has 2 aromatic rings. The molecule has 6 nitrogen and oxygen atoms in total. The van der Waals surface area contributed by atoms with E-state index in [1.807, 2.05) is 39.2 Å². The van der Waals surface area contributed by atoms with Gasteiger partial charge < -0.3 is 14.4 Å². The summed E-state index contributed by atoms with van der Waals surface area (Å²) in [7, 11) is 0. The molecular weight excluding hydrogens is 292 g/mol. The van der Waals surface area contributed by atoms with Crippen molar-refractivity contribution in [3.8, 4) is 6.07 Å². The fourth-order valence-corrected chi connectivity index (χ4v) is 2.65. The Hall–Kier alpha value is -2.55. The number of carbonyl (C=O) groups is 1. The van der Waals surface area contributed by atoms with Gasteiger partial charge in [-0.1, -0.05) is 5.16 Å². The Morgan fingerprint density at radius 3 is 2.57 bits per heavy atom. The summed E-state index contributed by atoms with van der Waals surface area (Å²) in [5.74, 6) is 0.703. The highest BCUT2D eigenvalue weighted by molar-refractivity contribution is 5.95. The molecule has 0 aliphatic carbocycles. The number of hydrogen-bond acceptors (Lipinski definition) is 4. The monoisotopic (exact) mass is 314 g/mol. The van der Waals surface area contributed by atoms with E-state index >= 15 is 0 Å². The SMILES string of the molecule is Cc1noc(C)c1C(C)C(=O)Nc1cc(C#N)cn1C(C)(C)C. The molecule has 0 spiro atoms. The Balaban J connectivity index is 2.31. The van der Waals surface area contributed by atoms with E-state index in [-0.39, 0.29) is 11.4 Å². The third kappa shape index (κ3) is 3.29. The van der Waals surface area contributed by atoms with E-state index < -0.39 is 5.92 Å². The lowest BCUT2D eigenvalue weighted by Gasteiger charge is -2.25. The molecule has 0 aliphatic heterocycles. The molecule has 0 aromatic carbocycles. The van der Waals surface area contributed by atoms with Crippen molar-refractivity contribution in [2.24, 2.45) is 0 Å². The number of nitrogens with one attached hydrogen (secondary N) is 1. The fourth-order valence-electron chi connectivity index (χ4n) is 2.65. The van der Waals surface area contributed by atoms with Gasteiger partial charge in [0.2, 0.25) is 5.91 Å². The van der Waals surface area contributed by atoms with Gasteiger partial charge in [-0.25, -0.2) is 0 Å². The Morgan fingerprint density at radius 2 is 2.09 bits per heavy atom. The number of carbonyl (C=O) groups excluding carboxylic acids is 1. The maximum atomic E-state index is 12.6. The van der Waals surface area contributed by atoms with Crippen LogP contribution in [0.1, 0.15) is 56.2 Å². The first-order chi connectivity index (χ1) is 10.6. The topological polar surface area (TPSA) is 83.8 Å². The molecule has 2 rings (SSSR count). The summed E-state index contributed by atoms with van der Waals surface area (Å²) in [4.78, 5) is 12.6. The molecule has 122 valence electrons. The van der Waals surface area contributed by atoms with Crippen LogP contribution in [0.2, 0.25) is 0 Å². The number of aromatic nitrogens is 2. The van der Waals surface area contributed by atoms with Gasteiger partial charge in [0.15, 0.2) is 0 Å². The number of nitrogens with zero attached hydrogens (tertiary/aromatic N) is 3. The lowest BCUT2D eigenvalue weighted by molar-refractivity contribution is -0.117. The fraction of sp³-hybridized carbons (Fsp3) is 0.471. The van der Waals surface area contributed by atoms with Crippen LogP contribution in [0.5, 0.6) is 0 Å². The van der Waals surface area contributed by atoms with E-state index in [0.717, 1.165) is 5.56 Å². The van der Waals surface area contributed by atoms with Crippen LogP contribution < -0.4 is 5.32 Å². The molecule has 0 radical (unpaired) electrons. The molecule has 1 atom stereocenters.